The van der Waals surface area contributed by atoms with Gasteiger partial charge >= 0.3 is 5.97 Å². The Bertz CT molecular complexity index is 2060. The maximum absolute atomic E-state index is 14.9. The molecule has 1 saturated carbocycles. The first-order chi connectivity index (χ1) is 25.4. The number of carboxylic acids is 1. The van der Waals surface area contributed by atoms with E-state index in [0.29, 0.717) is 22.2 Å². The molecule has 280 valence electrons. The molecular formula is C39H37F5N2O6S. The van der Waals surface area contributed by atoms with Crippen LogP contribution in [0.4, 0.5) is 27.6 Å². The van der Waals surface area contributed by atoms with Crippen LogP contribution in [0, 0.1) is 29.1 Å². The van der Waals surface area contributed by atoms with Crippen molar-refractivity contribution < 1.29 is 49.8 Å². The van der Waals surface area contributed by atoms with Crippen LogP contribution >= 0.6 is 0 Å². The Morgan fingerprint density at radius 2 is 1.38 bits per heavy atom. The van der Waals surface area contributed by atoms with Gasteiger partial charge in [-0.25, -0.2) is 35.2 Å². The van der Waals surface area contributed by atoms with Crippen molar-refractivity contribution in [3.05, 3.63) is 124 Å². The average molecular weight is 757 g/mol. The number of carbonyl (C=O) groups is 2. The van der Waals surface area contributed by atoms with Gasteiger partial charge in [0.15, 0.2) is 28.2 Å². The highest BCUT2D eigenvalue weighted by Crippen LogP contribution is 2.36. The third kappa shape index (κ3) is 7.93. The number of ether oxygens (including phenoxy) is 1. The summed E-state index contributed by atoms with van der Waals surface area (Å²) in [5, 5.41) is 9.94. The van der Waals surface area contributed by atoms with Crippen LogP contribution in [0.5, 0.6) is 5.75 Å². The van der Waals surface area contributed by atoms with Crippen LogP contribution in [0.25, 0.3) is 0 Å². The molecule has 2 fully saturated rings. The van der Waals surface area contributed by atoms with Gasteiger partial charge in [-0.3, -0.25) is 4.79 Å². The minimum atomic E-state index is -5.46. The van der Waals surface area contributed by atoms with E-state index in [2.05, 4.69) is 0 Å². The van der Waals surface area contributed by atoms with Crippen LogP contribution in [0.2, 0.25) is 0 Å². The number of benzene rings is 4. The van der Waals surface area contributed by atoms with Gasteiger partial charge in [-0.15, -0.1) is 0 Å². The van der Waals surface area contributed by atoms with Gasteiger partial charge in [0.05, 0.1) is 6.54 Å². The molecule has 0 spiro atoms. The molecule has 14 heteroatoms. The molecule has 4 aromatic carbocycles. The average Bonchev–Trinajstić information content (AvgIpc) is 3.18. The zero-order valence-corrected chi connectivity index (χ0v) is 29.4. The Hall–Kier alpha value is -4.82. The summed E-state index contributed by atoms with van der Waals surface area (Å²) in [7, 11) is -5.46. The predicted molar refractivity (Wildman–Crippen MR) is 185 cm³/mol. The molecule has 1 N–H and O–H groups in total. The number of nitrogens with zero attached hydrogens (tertiary/aromatic N) is 2. The fourth-order valence-electron chi connectivity index (χ4n) is 7.07. The van der Waals surface area contributed by atoms with E-state index in [0.717, 1.165) is 36.8 Å². The summed E-state index contributed by atoms with van der Waals surface area (Å²) < 4.78 is 106. The normalized spacial score (nSPS) is 17.0. The fraction of sp³-hybridized carbons (Fsp3) is 0.333. The topological polar surface area (TPSA) is 104 Å². The van der Waals surface area contributed by atoms with E-state index in [-0.39, 0.29) is 43.0 Å². The molecule has 0 bridgehead atoms. The molecule has 1 aliphatic heterocycles. The summed E-state index contributed by atoms with van der Waals surface area (Å²) >= 11 is 0. The summed E-state index contributed by atoms with van der Waals surface area (Å²) in [5.41, 5.74) is 2.43. The van der Waals surface area contributed by atoms with Crippen LogP contribution in [0.15, 0.2) is 77.7 Å². The van der Waals surface area contributed by atoms with E-state index in [1.165, 1.54) is 29.5 Å². The Kier molecular flexibility index (Phi) is 11.5. The van der Waals surface area contributed by atoms with Crippen molar-refractivity contribution in [2.75, 3.05) is 11.4 Å². The Morgan fingerprint density at radius 1 is 0.755 bits per heavy atom. The molecule has 0 aromatic heterocycles. The largest absolute Gasteiger partial charge is 0.488 e. The van der Waals surface area contributed by atoms with Gasteiger partial charge in [0.25, 0.3) is 0 Å². The van der Waals surface area contributed by atoms with Crippen LogP contribution in [0.1, 0.15) is 84.3 Å². The lowest BCUT2D eigenvalue weighted by Crippen LogP contribution is -2.53. The van der Waals surface area contributed by atoms with Crippen molar-refractivity contribution in [1.29, 1.82) is 0 Å². The molecule has 8 nitrogen and oxygen atoms in total. The third-order valence-electron chi connectivity index (χ3n) is 9.88. The van der Waals surface area contributed by atoms with Crippen LogP contribution in [-0.4, -0.2) is 42.3 Å². The third-order valence-corrected chi connectivity index (χ3v) is 11.8. The number of aromatic carboxylic acids is 1. The highest BCUT2D eigenvalue weighted by atomic mass is 32.2. The number of carbonyl (C=O) groups excluding carboxylic acids is 1. The SMILES string of the molecule is O=C(O)c1ccc(N(Cc2ccc(C3CCCCC3)cc2)C(=O)[C@H]2CCCCN2S(=O)(=O)c2c(F)c(F)c(F)c(F)c2F)cc1OCc1ccccc1. The van der Waals surface area contributed by atoms with Gasteiger partial charge in [-0.2, -0.15) is 4.31 Å². The number of piperidine rings is 1. The number of carboxylic acid groups (broad SMARTS) is 1. The number of halogens is 5. The molecule has 1 heterocycles. The zero-order valence-electron chi connectivity index (χ0n) is 28.5. The number of hydrogen-bond donors (Lipinski definition) is 1. The quantitative estimate of drug-likeness (QED) is 0.0936. The van der Waals surface area contributed by atoms with Crippen molar-refractivity contribution in [3.63, 3.8) is 0 Å². The number of hydrogen-bond acceptors (Lipinski definition) is 5. The second-order valence-electron chi connectivity index (χ2n) is 13.3. The summed E-state index contributed by atoms with van der Waals surface area (Å²) in [6, 6.07) is 18.9. The van der Waals surface area contributed by atoms with Gasteiger partial charge in [-0.05, 0) is 60.4 Å². The standard InChI is InChI=1S/C39H37F5N2O6S/c40-32-33(41)35(43)37(36(44)34(32)42)53(50,51)46-20-8-7-13-30(46)38(47)45(22-24-14-16-27(17-15-24)26-11-5-2-6-12-26)28-18-19-29(39(48)49)31(21-28)52-23-25-9-3-1-4-10-25/h1,3-4,9-10,14-19,21,26,30H,2,5-8,11-13,20,22-23H2,(H,48,49)/t30-/m1/s1. The van der Waals surface area contributed by atoms with Crippen molar-refractivity contribution in [2.24, 2.45) is 0 Å². The number of rotatable bonds is 11. The van der Waals surface area contributed by atoms with E-state index in [1.54, 1.807) is 30.3 Å². The zero-order chi connectivity index (χ0) is 37.9. The Balaban J connectivity index is 1.40. The minimum Gasteiger partial charge on any atom is -0.488 e. The number of anilines is 1. The van der Waals surface area contributed by atoms with Crippen LogP contribution in [-0.2, 0) is 28.0 Å². The molecule has 0 unspecified atom stereocenters. The molecule has 1 aliphatic carbocycles. The van der Waals surface area contributed by atoms with Gasteiger partial charge in [0.1, 0.15) is 24.0 Å². The van der Waals surface area contributed by atoms with Gasteiger partial charge in [0, 0.05) is 18.3 Å². The van der Waals surface area contributed by atoms with E-state index in [9.17, 15) is 45.1 Å². The van der Waals surface area contributed by atoms with E-state index in [1.807, 2.05) is 24.3 Å². The first kappa shape index (κ1) is 37.9. The van der Waals surface area contributed by atoms with Gasteiger partial charge in [0.2, 0.25) is 21.7 Å². The molecule has 2 aliphatic rings. The first-order valence-corrected chi connectivity index (χ1v) is 18.8. The Morgan fingerprint density at radius 3 is 2.02 bits per heavy atom. The summed E-state index contributed by atoms with van der Waals surface area (Å²) in [4.78, 5) is 26.0. The molecule has 4 aromatic rings. The molecule has 1 saturated heterocycles. The highest BCUT2D eigenvalue weighted by molar-refractivity contribution is 7.89. The lowest BCUT2D eigenvalue weighted by atomic mass is 9.84. The van der Waals surface area contributed by atoms with E-state index < -0.39 is 68.5 Å². The van der Waals surface area contributed by atoms with E-state index in [4.69, 9.17) is 4.74 Å². The first-order valence-electron chi connectivity index (χ1n) is 17.4. The highest BCUT2D eigenvalue weighted by Gasteiger charge is 2.44. The van der Waals surface area contributed by atoms with Crippen molar-refractivity contribution in [2.45, 2.75) is 81.4 Å². The maximum atomic E-state index is 14.9. The molecule has 1 amide bonds. The molecular weight excluding hydrogens is 719 g/mol. The lowest BCUT2D eigenvalue weighted by Gasteiger charge is -2.37. The minimum absolute atomic E-state index is 0.0162. The summed E-state index contributed by atoms with van der Waals surface area (Å²) in [6.45, 7) is -0.593. The predicted octanol–water partition coefficient (Wildman–Crippen LogP) is 8.48. The number of amides is 1. The Labute approximate surface area is 303 Å². The van der Waals surface area contributed by atoms with Crippen molar-refractivity contribution >= 4 is 27.6 Å². The smallest absolute Gasteiger partial charge is 0.339 e. The van der Waals surface area contributed by atoms with Gasteiger partial charge < -0.3 is 14.7 Å². The molecule has 53 heavy (non-hydrogen) atoms. The van der Waals surface area contributed by atoms with E-state index >= 15 is 0 Å². The summed E-state index contributed by atoms with van der Waals surface area (Å²) in [6.07, 6.45) is 5.87. The molecule has 1 atom stereocenters. The molecule has 0 radical (unpaired) electrons. The monoisotopic (exact) mass is 756 g/mol. The lowest BCUT2D eigenvalue weighted by molar-refractivity contribution is -0.123. The van der Waals surface area contributed by atoms with Crippen LogP contribution in [0.3, 0.4) is 0 Å². The van der Waals surface area contributed by atoms with Crippen molar-refractivity contribution in [3.8, 4) is 5.75 Å². The van der Waals surface area contributed by atoms with Gasteiger partial charge in [-0.1, -0.05) is 80.3 Å². The fourth-order valence-corrected chi connectivity index (χ4v) is 8.84. The van der Waals surface area contributed by atoms with Crippen LogP contribution < -0.4 is 9.64 Å². The number of sulfonamides is 1. The maximum Gasteiger partial charge on any atom is 0.339 e. The summed E-state index contributed by atoms with van der Waals surface area (Å²) in [5.74, 6) is -14.3. The van der Waals surface area contributed by atoms with Crippen molar-refractivity contribution in [1.82, 2.24) is 4.31 Å². The molecule has 6 rings (SSSR count). The second-order valence-corrected chi connectivity index (χ2v) is 15.1. The second kappa shape index (κ2) is 16.0.